The molecule has 216 valence electrons. The largest absolute Gasteiger partial charge is 0.543 e. The van der Waals surface area contributed by atoms with E-state index in [9.17, 15) is 29.4 Å². The third-order valence-corrected chi connectivity index (χ3v) is 9.66. The van der Waals surface area contributed by atoms with E-state index in [-0.39, 0.29) is 52.4 Å². The smallest absolute Gasteiger partial charge is 0.384 e. The average Bonchev–Trinajstić information content (AvgIpc) is 3.33. The van der Waals surface area contributed by atoms with Crippen LogP contribution in [-0.4, -0.2) is 78.0 Å². The molecule has 2 aromatic heterocycles. The van der Waals surface area contributed by atoms with Gasteiger partial charge in [0.2, 0.25) is 11.4 Å². The highest BCUT2D eigenvalue weighted by molar-refractivity contribution is 8.01. The van der Waals surface area contributed by atoms with Gasteiger partial charge in [-0.15, -0.1) is 27.8 Å². The highest BCUT2D eigenvalue weighted by Gasteiger charge is 2.53. The predicted octanol–water partition coefficient (Wildman–Crippen LogP) is -2.37. The molecule has 2 aliphatic heterocycles. The van der Waals surface area contributed by atoms with Crippen LogP contribution in [0.2, 0.25) is 0 Å². The van der Waals surface area contributed by atoms with E-state index >= 15 is 0 Å². The van der Waals surface area contributed by atoms with E-state index in [1.54, 1.807) is 0 Å². The topological polar surface area (TPSA) is 256 Å². The zero-order valence-corrected chi connectivity index (χ0v) is 23.5. The third kappa shape index (κ3) is 5.34. The molecule has 8 N–H and O–H groups in total. The van der Waals surface area contributed by atoms with Gasteiger partial charge < -0.3 is 36.6 Å². The molecule has 1 unspecified atom stereocenters. The number of thioether (sulfide) groups is 2. The number of thiazole rings is 1. The molecule has 0 bridgehead atoms. The number of amides is 2. The molecule has 0 radical (unpaired) electrons. The molecular weight excluding hydrogens is 598 g/mol. The first-order chi connectivity index (χ1) is 19.5. The Labute approximate surface area is 244 Å². The van der Waals surface area contributed by atoms with Crippen molar-refractivity contribution in [1.82, 2.24) is 20.2 Å². The second kappa shape index (κ2) is 11.1. The molecule has 2 amide bonds. The summed E-state index contributed by atoms with van der Waals surface area (Å²) in [6.07, 6.45) is 2.56. The number of nitrogens with one attached hydrogen (secondary N) is 1. The van der Waals surface area contributed by atoms with Gasteiger partial charge in [-0.2, -0.15) is 0 Å². The Balaban J connectivity index is 1.33. The fourth-order valence-electron chi connectivity index (χ4n) is 4.25. The van der Waals surface area contributed by atoms with E-state index in [1.807, 2.05) is 0 Å². The number of fused-ring (bicyclic) bond motifs is 1. The number of rotatable bonds is 10. The molecule has 2 atom stereocenters. The van der Waals surface area contributed by atoms with E-state index in [0.29, 0.717) is 17.2 Å². The third-order valence-electron chi connectivity index (χ3n) is 6.60. The summed E-state index contributed by atoms with van der Waals surface area (Å²) in [6.45, 7) is 0. The summed E-state index contributed by atoms with van der Waals surface area (Å²) in [7, 11) is 0. The molecule has 5 rings (SSSR count). The van der Waals surface area contributed by atoms with Crippen LogP contribution in [0.5, 0.6) is 0 Å². The van der Waals surface area contributed by atoms with Crippen molar-refractivity contribution in [3.63, 3.8) is 0 Å². The minimum Gasteiger partial charge on any atom is -0.543 e. The van der Waals surface area contributed by atoms with Gasteiger partial charge in [0.15, 0.2) is 10.8 Å². The van der Waals surface area contributed by atoms with Crippen LogP contribution in [0.25, 0.3) is 0 Å². The van der Waals surface area contributed by atoms with Crippen LogP contribution in [0.4, 0.5) is 10.9 Å². The van der Waals surface area contributed by atoms with Crippen molar-refractivity contribution in [2.45, 2.75) is 41.4 Å². The first kappa shape index (κ1) is 28.4. The van der Waals surface area contributed by atoms with E-state index in [4.69, 9.17) is 22.1 Å². The number of carbonyl (C=O) groups excluding carboxylic acids is 3. The monoisotopic (exact) mass is 621 g/mol. The molecule has 3 aliphatic rings. The summed E-state index contributed by atoms with van der Waals surface area (Å²) in [4.78, 5) is 64.7. The number of nitrogens with zero attached hydrogens (tertiary/aromatic N) is 5. The summed E-state index contributed by atoms with van der Waals surface area (Å²) < 4.78 is 1.24. The maximum absolute atomic E-state index is 13.3. The summed E-state index contributed by atoms with van der Waals surface area (Å²) >= 11 is 3.41. The van der Waals surface area contributed by atoms with Crippen molar-refractivity contribution >= 4 is 75.3 Å². The number of nitrogen functional groups attached to an aromatic ring is 3. The van der Waals surface area contributed by atoms with Gasteiger partial charge in [-0.1, -0.05) is 5.16 Å². The van der Waals surface area contributed by atoms with Crippen LogP contribution in [-0.2, 0) is 24.0 Å². The molecule has 16 nitrogen and oxygen atoms in total. The molecule has 0 aromatic carbocycles. The molecule has 2 fully saturated rings. The second-order valence-electron chi connectivity index (χ2n) is 9.19. The van der Waals surface area contributed by atoms with Crippen molar-refractivity contribution in [2.24, 2.45) is 5.16 Å². The summed E-state index contributed by atoms with van der Waals surface area (Å²) in [6, 6.07) is 0.406. The zero-order chi connectivity index (χ0) is 29.5. The highest BCUT2D eigenvalue weighted by Crippen LogP contribution is 2.41. The quantitative estimate of drug-likeness (QED) is 0.0353. The lowest BCUT2D eigenvalue weighted by Crippen LogP contribution is -2.71. The molecule has 1 saturated carbocycles. The van der Waals surface area contributed by atoms with Gasteiger partial charge in [0.1, 0.15) is 23.3 Å². The van der Waals surface area contributed by atoms with Gasteiger partial charge in [-0.05, 0) is 28.7 Å². The van der Waals surface area contributed by atoms with Gasteiger partial charge in [-0.3, -0.25) is 20.3 Å². The van der Waals surface area contributed by atoms with Crippen molar-refractivity contribution in [2.75, 3.05) is 28.8 Å². The van der Waals surface area contributed by atoms with Crippen LogP contribution in [0.3, 0.4) is 0 Å². The number of carboxylic acid groups (broad SMARTS) is 2. The predicted molar refractivity (Wildman–Crippen MR) is 145 cm³/mol. The minimum atomic E-state index is -1.55. The number of hydrogen-bond acceptors (Lipinski definition) is 15. The number of carbonyl (C=O) groups is 4. The standard InChI is InChI=1S/C22H23N9O7S3/c23-11-2-5-30(25)21(27-11)41-7-9-6-39-17-13(16(33)31(17)14(9)18(34)35)28-15(32)12(10-8-40-20(24)26-10)29-38-22(19(36)37)3-1-4-22/h2,5,8,13,17,23H,1,3-4,6-7,25H2,(H5,24,26,28,32,34,35,36,37)/b29-12-/t13?,17-/m1/s1. The van der Waals surface area contributed by atoms with Crippen LogP contribution in [0, 0.1) is 0 Å². The first-order valence-electron chi connectivity index (χ1n) is 12.0. The lowest BCUT2D eigenvalue weighted by Gasteiger charge is -2.50. The fraction of sp³-hybridized carbons (Fsp3) is 0.364. The number of aromatic nitrogens is 3. The highest BCUT2D eigenvalue weighted by atomic mass is 32.2. The number of β-lactam (4-membered cyclic amide) rings is 1. The number of aliphatic carboxylic acids is 2. The van der Waals surface area contributed by atoms with Crippen molar-refractivity contribution in [3.05, 3.63) is 34.6 Å². The molecule has 41 heavy (non-hydrogen) atoms. The van der Waals surface area contributed by atoms with Gasteiger partial charge in [0.05, 0.1) is 11.7 Å². The van der Waals surface area contributed by atoms with E-state index in [1.165, 1.54) is 34.1 Å². The Bertz CT molecular complexity index is 1510. The van der Waals surface area contributed by atoms with Crippen molar-refractivity contribution in [1.29, 1.82) is 0 Å². The van der Waals surface area contributed by atoms with Crippen LogP contribution in [0.1, 0.15) is 25.0 Å². The molecular formula is C22H23N9O7S3. The van der Waals surface area contributed by atoms with Crippen LogP contribution < -0.4 is 32.4 Å². The summed E-state index contributed by atoms with van der Waals surface area (Å²) in [5, 5.41) is 29.2. The summed E-state index contributed by atoms with van der Waals surface area (Å²) in [5.74, 6) is 2.15. The number of hydrogen-bond donors (Lipinski definition) is 5. The first-order valence-corrected chi connectivity index (χ1v) is 14.9. The van der Waals surface area contributed by atoms with Crippen LogP contribution in [0.15, 0.2) is 39.2 Å². The zero-order valence-electron chi connectivity index (χ0n) is 21.0. The molecule has 4 heterocycles. The fourth-order valence-corrected chi connectivity index (χ4v) is 7.20. The average molecular weight is 622 g/mol. The van der Waals surface area contributed by atoms with Gasteiger partial charge >= 0.3 is 11.1 Å². The van der Waals surface area contributed by atoms with Gasteiger partial charge in [0, 0.05) is 35.8 Å². The van der Waals surface area contributed by atoms with E-state index < -0.39 is 40.8 Å². The Morgan fingerprint density at radius 2 is 2.10 bits per heavy atom. The Kier molecular flexibility index (Phi) is 7.66. The molecule has 0 spiro atoms. The Morgan fingerprint density at radius 1 is 1.34 bits per heavy atom. The van der Waals surface area contributed by atoms with Gasteiger partial charge in [0.25, 0.3) is 11.8 Å². The van der Waals surface area contributed by atoms with Crippen molar-refractivity contribution < 1.29 is 38.9 Å². The Morgan fingerprint density at radius 3 is 2.71 bits per heavy atom. The Hall–Kier alpha value is -4.10. The number of oxime groups is 1. The summed E-state index contributed by atoms with van der Waals surface area (Å²) in [5.41, 5.74) is 9.64. The number of nitrogens with two attached hydrogens (primary N) is 3. The SMILES string of the molecule is Nc1cc[n+](N)c(SCC2=C(C(=O)[O-])N3C(=O)C(NC(=O)/C(=N\OC4(C(=O)O)CCC4)c4csc(N)n4)[C@H]3SC2)n1. The normalized spacial score (nSPS) is 21.4. The van der Waals surface area contributed by atoms with Crippen molar-refractivity contribution in [3.8, 4) is 0 Å². The van der Waals surface area contributed by atoms with E-state index in [0.717, 1.165) is 28.0 Å². The molecule has 19 heteroatoms. The van der Waals surface area contributed by atoms with E-state index in [2.05, 4.69) is 20.4 Å². The number of anilines is 2. The number of carboxylic acids is 2. The molecule has 1 saturated heterocycles. The lowest BCUT2D eigenvalue weighted by atomic mass is 9.80. The molecule has 1 aliphatic carbocycles. The minimum absolute atomic E-state index is 0.0340. The second-order valence-corrected chi connectivity index (χ2v) is 12.1. The maximum Gasteiger partial charge on any atom is 0.384 e. The maximum atomic E-state index is 13.3. The van der Waals surface area contributed by atoms with Crippen LogP contribution >= 0.6 is 34.9 Å². The lowest BCUT2D eigenvalue weighted by molar-refractivity contribution is -0.682. The van der Waals surface area contributed by atoms with Gasteiger partial charge in [-0.25, -0.2) is 9.78 Å². The molecule has 2 aromatic rings.